The highest BCUT2D eigenvalue weighted by molar-refractivity contribution is 7.89. The van der Waals surface area contributed by atoms with E-state index in [4.69, 9.17) is 11.6 Å². The first kappa shape index (κ1) is 17.4. The molecule has 0 bridgehead atoms. The summed E-state index contributed by atoms with van der Waals surface area (Å²) in [5, 5.41) is 6.67. The Bertz CT molecular complexity index is 528. The largest absolute Gasteiger partial charge is 0.308 e. The number of aromatic nitrogens is 2. The maximum Gasteiger partial charge on any atom is 0.246 e. The fourth-order valence-corrected chi connectivity index (χ4v) is 4.07. The van der Waals surface area contributed by atoms with Gasteiger partial charge in [0.25, 0.3) is 0 Å². The van der Waals surface area contributed by atoms with Crippen molar-refractivity contribution in [2.45, 2.75) is 31.0 Å². The molecule has 0 amide bonds. The molecule has 6 nitrogen and oxygen atoms in total. The Hall–Kier alpha value is -0.630. The molecule has 0 fully saturated rings. The average molecular weight is 323 g/mol. The van der Waals surface area contributed by atoms with Crippen LogP contribution in [0.3, 0.4) is 0 Å². The van der Waals surface area contributed by atoms with E-state index < -0.39 is 10.0 Å². The fraction of sp³-hybridized carbons (Fsp3) is 0.750. The van der Waals surface area contributed by atoms with Crippen molar-refractivity contribution in [1.29, 1.82) is 0 Å². The van der Waals surface area contributed by atoms with Gasteiger partial charge in [0, 0.05) is 19.6 Å². The Morgan fingerprint density at radius 1 is 1.25 bits per heavy atom. The van der Waals surface area contributed by atoms with Crippen LogP contribution < -0.4 is 0 Å². The van der Waals surface area contributed by atoms with Crippen molar-refractivity contribution < 1.29 is 8.42 Å². The van der Waals surface area contributed by atoms with E-state index in [0.29, 0.717) is 31.0 Å². The summed E-state index contributed by atoms with van der Waals surface area (Å²) in [6.07, 6.45) is 0.764. The number of nitrogens with one attached hydrogen (secondary N) is 1. The van der Waals surface area contributed by atoms with Crippen molar-refractivity contribution in [1.82, 2.24) is 19.4 Å². The Morgan fingerprint density at radius 3 is 2.40 bits per heavy atom. The maximum absolute atomic E-state index is 12.8. The van der Waals surface area contributed by atoms with Gasteiger partial charge in [-0.05, 0) is 27.4 Å². The summed E-state index contributed by atoms with van der Waals surface area (Å²) in [5.74, 6) is 0.0759. The van der Waals surface area contributed by atoms with Gasteiger partial charge in [-0.3, -0.25) is 5.10 Å². The Kier molecular flexibility index (Phi) is 6.44. The molecule has 1 heterocycles. The van der Waals surface area contributed by atoms with Crippen LogP contribution in [0, 0.1) is 6.92 Å². The average Bonchev–Trinajstić information content (AvgIpc) is 2.75. The monoisotopic (exact) mass is 322 g/mol. The molecule has 1 rings (SSSR count). The smallest absolute Gasteiger partial charge is 0.246 e. The van der Waals surface area contributed by atoms with Crippen LogP contribution in [0.4, 0.5) is 0 Å². The number of aryl methyl sites for hydroxylation is 1. The molecule has 0 aliphatic heterocycles. The lowest BCUT2D eigenvalue weighted by Crippen LogP contribution is -2.37. The number of likely N-dealkylation sites (N-methyl/N-ethyl adjacent to an activating group) is 1. The lowest BCUT2D eigenvalue weighted by molar-refractivity contribution is 0.332. The van der Waals surface area contributed by atoms with Crippen LogP contribution in [0.25, 0.3) is 0 Å². The van der Waals surface area contributed by atoms with Gasteiger partial charge in [0.15, 0.2) is 0 Å². The third-order valence-electron chi connectivity index (χ3n) is 2.96. The zero-order valence-electron chi connectivity index (χ0n) is 12.5. The summed E-state index contributed by atoms with van der Waals surface area (Å²) in [7, 11) is 0.281. The molecule has 0 aliphatic carbocycles. The fourth-order valence-electron chi connectivity index (χ4n) is 1.94. The molecular weight excluding hydrogens is 300 g/mol. The molecular formula is C12H23ClN4O2S. The summed E-state index contributed by atoms with van der Waals surface area (Å²) < 4.78 is 27.1. The van der Waals surface area contributed by atoms with Crippen LogP contribution in [0.5, 0.6) is 0 Å². The highest BCUT2D eigenvalue weighted by Crippen LogP contribution is 2.23. The van der Waals surface area contributed by atoms with Crippen LogP contribution in [-0.4, -0.2) is 61.5 Å². The molecule has 0 spiro atoms. The zero-order chi connectivity index (χ0) is 15.3. The van der Waals surface area contributed by atoms with E-state index in [-0.39, 0.29) is 10.8 Å². The topological polar surface area (TPSA) is 69.3 Å². The van der Waals surface area contributed by atoms with Crippen molar-refractivity contribution in [3.05, 3.63) is 11.4 Å². The number of sulfonamides is 1. The predicted molar refractivity (Wildman–Crippen MR) is 80.5 cm³/mol. The first-order valence-corrected chi connectivity index (χ1v) is 8.56. The van der Waals surface area contributed by atoms with E-state index in [0.717, 1.165) is 6.42 Å². The van der Waals surface area contributed by atoms with E-state index in [1.165, 1.54) is 4.31 Å². The zero-order valence-corrected chi connectivity index (χ0v) is 14.1. The Labute approximate surface area is 126 Å². The highest BCUT2D eigenvalue weighted by atomic mass is 35.5. The molecule has 0 unspecified atom stereocenters. The molecule has 20 heavy (non-hydrogen) atoms. The minimum atomic E-state index is -3.56. The van der Waals surface area contributed by atoms with E-state index in [2.05, 4.69) is 10.2 Å². The summed E-state index contributed by atoms with van der Waals surface area (Å²) in [6, 6.07) is 0. The van der Waals surface area contributed by atoms with E-state index >= 15 is 0 Å². The Morgan fingerprint density at radius 2 is 1.90 bits per heavy atom. The van der Waals surface area contributed by atoms with E-state index in [1.54, 1.807) is 6.92 Å². The van der Waals surface area contributed by atoms with E-state index in [1.807, 2.05) is 25.9 Å². The van der Waals surface area contributed by atoms with Gasteiger partial charge in [-0.25, -0.2) is 8.42 Å². The summed E-state index contributed by atoms with van der Waals surface area (Å²) >= 11 is 5.79. The maximum atomic E-state index is 12.8. The number of alkyl halides is 1. The molecule has 0 radical (unpaired) electrons. The quantitative estimate of drug-likeness (QED) is 0.735. The third-order valence-corrected chi connectivity index (χ3v) is 5.31. The number of halogens is 1. The van der Waals surface area contributed by atoms with Gasteiger partial charge in [0.2, 0.25) is 10.0 Å². The van der Waals surface area contributed by atoms with Crippen molar-refractivity contribution in [2.24, 2.45) is 0 Å². The molecule has 116 valence electrons. The van der Waals surface area contributed by atoms with Crippen LogP contribution in [0.1, 0.15) is 24.7 Å². The molecule has 0 aliphatic rings. The van der Waals surface area contributed by atoms with Crippen molar-refractivity contribution in [3.8, 4) is 0 Å². The number of hydrogen-bond acceptors (Lipinski definition) is 4. The van der Waals surface area contributed by atoms with Gasteiger partial charge >= 0.3 is 0 Å². The minimum Gasteiger partial charge on any atom is -0.308 e. The molecule has 0 atom stereocenters. The van der Waals surface area contributed by atoms with Gasteiger partial charge in [0.1, 0.15) is 4.90 Å². The van der Waals surface area contributed by atoms with Gasteiger partial charge in [-0.2, -0.15) is 9.40 Å². The normalized spacial score (nSPS) is 12.6. The number of H-pyrrole nitrogens is 1. The van der Waals surface area contributed by atoms with Gasteiger partial charge in [-0.1, -0.05) is 6.92 Å². The molecule has 1 N–H and O–H groups in total. The summed E-state index contributed by atoms with van der Waals surface area (Å²) in [5.41, 5.74) is 0.918. The summed E-state index contributed by atoms with van der Waals surface area (Å²) in [4.78, 5) is 2.18. The SMILES string of the molecule is CCCN(CCN(C)C)S(=O)(=O)c1c(CCl)n[nH]c1C. The highest BCUT2D eigenvalue weighted by Gasteiger charge is 2.29. The second-order valence-corrected chi connectivity index (χ2v) is 7.11. The van der Waals surface area contributed by atoms with Crippen molar-refractivity contribution in [2.75, 3.05) is 33.7 Å². The number of hydrogen-bond donors (Lipinski definition) is 1. The van der Waals surface area contributed by atoms with Crippen LogP contribution in [0.2, 0.25) is 0 Å². The standard InChI is InChI=1S/C12H23ClN4O2S/c1-5-6-17(8-7-16(3)4)20(18,19)12-10(2)14-15-11(12)9-13/h5-9H2,1-4H3,(H,14,15). The second kappa shape index (κ2) is 7.40. The van der Waals surface area contributed by atoms with Gasteiger partial charge < -0.3 is 4.90 Å². The lowest BCUT2D eigenvalue weighted by atomic mass is 10.4. The van der Waals surface area contributed by atoms with Gasteiger partial charge in [0.05, 0.1) is 17.3 Å². The molecule has 0 aromatic carbocycles. The van der Waals surface area contributed by atoms with Crippen LogP contribution in [0.15, 0.2) is 4.90 Å². The molecule has 0 saturated carbocycles. The predicted octanol–water partition coefficient (Wildman–Crippen LogP) is 1.42. The van der Waals surface area contributed by atoms with E-state index in [9.17, 15) is 8.42 Å². The van der Waals surface area contributed by atoms with Crippen molar-refractivity contribution >= 4 is 21.6 Å². The minimum absolute atomic E-state index is 0.0759. The molecule has 8 heteroatoms. The number of rotatable bonds is 8. The lowest BCUT2D eigenvalue weighted by Gasteiger charge is -2.23. The van der Waals surface area contributed by atoms with Crippen LogP contribution in [-0.2, 0) is 15.9 Å². The van der Waals surface area contributed by atoms with Crippen LogP contribution >= 0.6 is 11.6 Å². The number of nitrogens with zero attached hydrogens (tertiary/aromatic N) is 3. The first-order chi connectivity index (χ1) is 9.34. The summed E-state index contributed by atoms with van der Waals surface area (Å²) in [6.45, 7) is 5.28. The second-order valence-electron chi connectivity index (χ2n) is 4.97. The molecule has 1 aromatic rings. The Balaban J connectivity index is 3.12. The number of aromatic amines is 1. The first-order valence-electron chi connectivity index (χ1n) is 6.59. The van der Waals surface area contributed by atoms with Gasteiger partial charge in [-0.15, -0.1) is 11.6 Å². The van der Waals surface area contributed by atoms with Crippen molar-refractivity contribution in [3.63, 3.8) is 0 Å². The molecule has 1 aromatic heterocycles. The third kappa shape index (κ3) is 3.94. The molecule has 0 saturated heterocycles.